The van der Waals surface area contributed by atoms with Crippen molar-refractivity contribution in [1.82, 2.24) is 15.3 Å². The fourth-order valence-corrected chi connectivity index (χ4v) is 1.64. The number of ether oxygens (including phenoxy) is 1. The monoisotopic (exact) mass is 208 g/mol. The molecule has 5 heteroatoms. The minimum Gasteiger partial charge on any atom is -0.377 e. The van der Waals surface area contributed by atoms with Gasteiger partial charge in [0.25, 0.3) is 0 Å². The second kappa shape index (κ2) is 5.04. The maximum Gasteiger partial charge on any atom is 0.219 e. The predicted octanol–water partition coefficient (Wildman–Crippen LogP) is 0.327. The van der Waals surface area contributed by atoms with Crippen molar-refractivity contribution in [2.75, 3.05) is 18.9 Å². The Morgan fingerprint density at radius 1 is 1.47 bits per heavy atom. The van der Waals surface area contributed by atoms with E-state index in [-0.39, 0.29) is 0 Å². The van der Waals surface area contributed by atoms with Gasteiger partial charge in [0.2, 0.25) is 5.95 Å². The molecule has 0 unspecified atom stereocenters. The lowest BCUT2D eigenvalue weighted by Gasteiger charge is -2.10. The summed E-state index contributed by atoms with van der Waals surface area (Å²) in [5.41, 5.74) is 6.44. The molecule has 2 rings (SSSR count). The highest BCUT2D eigenvalue weighted by Gasteiger charge is 2.14. The standard InChI is InChI=1S/C10H16N4O/c11-10-13-5-8(6-14-10)4-12-7-9-2-1-3-15-9/h5-6,9,12H,1-4,7H2,(H2,11,13,14)/t9-/m1/s1. The summed E-state index contributed by atoms with van der Waals surface area (Å²) < 4.78 is 5.50. The van der Waals surface area contributed by atoms with E-state index in [1.165, 1.54) is 6.42 Å². The maximum absolute atomic E-state index is 5.50. The van der Waals surface area contributed by atoms with Crippen LogP contribution in [-0.2, 0) is 11.3 Å². The number of nitrogen functional groups attached to an aromatic ring is 1. The topological polar surface area (TPSA) is 73.1 Å². The van der Waals surface area contributed by atoms with Crippen LogP contribution in [0.15, 0.2) is 12.4 Å². The molecule has 0 amide bonds. The number of nitrogens with two attached hydrogens (primary N) is 1. The Morgan fingerprint density at radius 3 is 2.93 bits per heavy atom. The zero-order chi connectivity index (χ0) is 10.5. The molecule has 2 heterocycles. The molecule has 1 aliphatic rings. The van der Waals surface area contributed by atoms with Crippen LogP contribution in [0.4, 0.5) is 5.95 Å². The van der Waals surface area contributed by atoms with Crippen LogP contribution >= 0.6 is 0 Å². The van der Waals surface area contributed by atoms with Crippen LogP contribution in [0, 0.1) is 0 Å². The Morgan fingerprint density at radius 2 is 2.27 bits per heavy atom. The summed E-state index contributed by atoms with van der Waals surface area (Å²) in [6.45, 7) is 2.56. The van der Waals surface area contributed by atoms with Gasteiger partial charge in [-0.3, -0.25) is 0 Å². The maximum atomic E-state index is 5.50. The van der Waals surface area contributed by atoms with Crippen molar-refractivity contribution in [3.05, 3.63) is 18.0 Å². The Bertz CT molecular complexity index is 295. The third-order valence-corrected chi connectivity index (χ3v) is 2.45. The first-order valence-corrected chi connectivity index (χ1v) is 5.23. The molecule has 0 spiro atoms. The summed E-state index contributed by atoms with van der Waals surface area (Å²) in [4.78, 5) is 7.85. The lowest BCUT2D eigenvalue weighted by molar-refractivity contribution is 0.110. The van der Waals surface area contributed by atoms with Gasteiger partial charge in [-0.15, -0.1) is 0 Å². The molecule has 0 aliphatic carbocycles. The molecule has 15 heavy (non-hydrogen) atoms. The van der Waals surface area contributed by atoms with E-state index in [4.69, 9.17) is 10.5 Å². The summed E-state index contributed by atoms with van der Waals surface area (Å²) in [6.07, 6.45) is 6.19. The highest BCUT2D eigenvalue weighted by Crippen LogP contribution is 2.10. The average molecular weight is 208 g/mol. The highest BCUT2D eigenvalue weighted by atomic mass is 16.5. The second-order valence-electron chi connectivity index (χ2n) is 3.72. The molecule has 3 N–H and O–H groups in total. The van der Waals surface area contributed by atoms with Crippen LogP contribution in [-0.4, -0.2) is 29.2 Å². The largest absolute Gasteiger partial charge is 0.377 e. The fraction of sp³-hybridized carbons (Fsp3) is 0.600. The summed E-state index contributed by atoms with van der Waals surface area (Å²) in [6, 6.07) is 0. The SMILES string of the molecule is Nc1ncc(CNC[C@H]2CCCO2)cn1. The van der Waals surface area contributed by atoms with E-state index in [9.17, 15) is 0 Å². The second-order valence-corrected chi connectivity index (χ2v) is 3.72. The molecule has 1 aliphatic heterocycles. The van der Waals surface area contributed by atoms with E-state index in [0.717, 1.165) is 31.7 Å². The molecule has 0 bridgehead atoms. The molecule has 1 fully saturated rings. The lowest BCUT2D eigenvalue weighted by Crippen LogP contribution is -2.25. The van der Waals surface area contributed by atoms with Gasteiger partial charge >= 0.3 is 0 Å². The first-order valence-electron chi connectivity index (χ1n) is 5.23. The van der Waals surface area contributed by atoms with Gasteiger partial charge in [0, 0.05) is 37.7 Å². The van der Waals surface area contributed by atoms with Gasteiger partial charge in [-0.1, -0.05) is 0 Å². The molecule has 1 atom stereocenters. The average Bonchev–Trinajstić information content (AvgIpc) is 2.74. The zero-order valence-electron chi connectivity index (χ0n) is 8.65. The predicted molar refractivity (Wildman–Crippen MR) is 57.1 cm³/mol. The number of nitrogens with one attached hydrogen (secondary N) is 1. The minimum absolute atomic E-state index is 0.317. The number of nitrogens with zero attached hydrogens (tertiary/aromatic N) is 2. The Kier molecular flexibility index (Phi) is 3.47. The van der Waals surface area contributed by atoms with Crippen molar-refractivity contribution in [2.45, 2.75) is 25.5 Å². The van der Waals surface area contributed by atoms with E-state index >= 15 is 0 Å². The van der Waals surface area contributed by atoms with E-state index in [1.807, 2.05) is 0 Å². The number of hydrogen-bond donors (Lipinski definition) is 2. The number of rotatable bonds is 4. The highest BCUT2D eigenvalue weighted by molar-refractivity contribution is 5.16. The van der Waals surface area contributed by atoms with Crippen molar-refractivity contribution < 1.29 is 4.74 Å². The Labute approximate surface area is 89.1 Å². The van der Waals surface area contributed by atoms with E-state index in [0.29, 0.717) is 12.1 Å². The van der Waals surface area contributed by atoms with Gasteiger partial charge < -0.3 is 15.8 Å². The van der Waals surface area contributed by atoms with Gasteiger partial charge in [-0.2, -0.15) is 0 Å². The molecule has 0 aromatic carbocycles. The molecule has 0 radical (unpaired) electrons. The molecular weight excluding hydrogens is 192 g/mol. The van der Waals surface area contributed by atoms with Crippen LogP contribution in [0.3, 0.4) is 0 Å². The number of hydrogen-bond acceptors (Lipinski definition) is 5. The molecule has 0 saturated carbocycles. The third-order valence-electron chi connectivity index (χ3n) is 2.45. The van der Waals surface area contributed by atoms with Gasteiger partial charge in [0.1, 0.15) is 0 Å². The Hall–Kier alpha value is -1.20. The zero-order valence-corrected chi connectivity index (χ0v) is 8.65. The molecular formula is C10H16N4O. The number of anilines is 1. The molecule has 1 aromatic rings. The van der Waals surface area contributed by atoms with Crippen molar-refractivity contribution in [3.8, 4) is 0 Å². The Balaban J connectivity index is 1.71. The quantitative estimate of drug-likeness (QED) is 0.746. The van der Waals surface area contributed by atoms with Crippen molar-refractivity contribution in [3.63, 3.8) is 0 Å². The van der Waals surface area contributed by atoms with E-state index in [2.05, 4.69) is 15.3 Å². The smallest absolute Gasteiger partial charge is 0.219 e. The van der Waals surface area contributed by atoms with Gasteiger partial charge in [-0.25, -0.2) is 9.97 Å². The number of aromatic nitrogens is 2. The summed E-state index contributed by atoms with van der Waals surface area (Å²) in [7, 11) is 0. The van der Waals surface area contributed by atoms with Gasteiger partial charge in [0.05, 0.1) is 6.10 Å². The third kappa shape index (κ3) is 3.14. The lowest BCUT2D eigenvalue weighted by atomic mass is 10.2. The van der Waals surface area contributed by atoms with Crippen LogP contribution in [0.25, 0.3) is 0 Å². The minimum atomic E-state index is 0.317. The van der Waals surface area contributed by atoms with Crippen LogP contribution in [0.2, 0.25) is 0 Å². The van der Waals surface area contributed by atoms with Crippen molar-refractivity contribution >= 4 is 5.95 Å². The van der Waals surface area contributed by atoms with Crippen molar-refractivity contribution in [1.29, 1.82) is 0 Å². The molecule has 1 saturated heterocycles. The van der Waals surface area contributed by atoms with E-state index in [1.54, 1.807) is 12.4 Å². The molecule has 5 nitrogen and oxygen atoms in total. The summed E-state index contributed by atoms with van der Waals surface area (Å²) in [5.74, 6) is 0.317. The van der Waals surface area contributed by atoms with Gasteiger partial charge in [0.15, 0.2) is 0 Å². The summed E-state index contributed by atoms with van der Waals surface area (Å²) >= 11 is 0. The normalized spacial score (nSPS) is 20.7. The first-order chi connectivity index (χ1) is 7.34. The van der Waals surface area contributed by atoms with E-state index < -0.39 is 0 Å². The van der Waals surface area contributed by atoms with Crippen molar-refractivity contribution in [2.24, 2.45) is 0 Å². The summed E-state index contributed by atoms with van der Waals surface area (Å²) in [5, 5.41) is 3.32. The molecule has 1 aromatic heterocycles. The van der Waals surface area contributed by atoms with Gasteiger partial charge in [-0.05, 0) is 12.8 Å². The first kappa shape index (κ1) is 10.3. The van der Waals surface area contributed by atoms with Crippen LogP contribution in [0.5, 0.6) is 0 Å². The van der Waals surface area contributed by atoms with Crippen LogP contribution < -0.4 is 11.1 Å². The fourth-order valence-electron chi connectivity index (χ4n) is 1.64. The molecule has 82 valence electrons. The van der Waals surface area contributed by atoms with Crippen LogP contribution in [0.1, 0.15) is 18.4 Å².